The maximum absolute atomic E-state index is 11.8. The fourth-order valence-corrected chi connectivity index (χ4v) is 1.68. The van der Waals surface area contributed by atoms with Gasteiger partial charge in [0, 0.05) is 18.1 Å². The highest BCUT2D eigenvalue weighted by Crippen LogP contribution is 2.11. The van der Waals surface area contributed by atoms with Crippen molar-refractivity contribution in [3.05, 3.63) is 54.1 Å². The van der Waals surface area contributed by atoms with Gasteiger partial charge in [-0.3, -0.25) is 14.8 Å². The summed E-state index contributed by atoms with van der Waals surface area (Å²) >= 11 is 0. The van der Waals surface area contributed by atoms with Crippen LogP contribution in [0.4, 0.5) is 0 Å². The normalized spacial score (nSPS) is 11.7. The molecule has 104 valence electrons. The lowest BCUT2D eigenvalue weighted by atomic mass is 10.1. The van der Waals surface area contributed by atoms with E-state index in [2.05, 4.69) is 15.3 Å². The Balaban J connectivity index is 1.83. The molecule has 20 heavy (non-hydrogen) atoms. The Morgan fingerprint density at radius 3 is 2.85 bits per heavy atom. The fraction of sp³-hybridized carbons (Fsp3) is 0.267. The summed E-state index contributed by atoms with van der Waals surface area (Å²) in [6.45, 7) is 3.80. The van der Waals surface area contributed by atoms with E-state index in [9.17, 15) is 4.79 Å². The van der Waals surface area contributed by atoms with Gasteiger partial charge in [-0.15, -0.1) is 0 Å². The third kappa shape index (κ3) is 4.05. The number of aryl methyl sites for hydroxylation is 1. The molecular formula is C15H17N3O2. The molecule has 0 aromatic carbocycles. The zero-order chi connectivity index (χ0) is 14.4. The highest BCUT2D eigenvalue weighted by atomic mass is 16.5. The molecule has 0 aliphatic carbocycles. The van der Waals surface area contributed by atoms with Crippen LogP contribution in [0, 0.1) is 6.92 Å². The molecule has 1 amide bonds. The average molecular weight is 271 g/mol. The number of carbonyl (C=O) groups excluding carboxylic acids is 1. The highest BCUT2D eigenvalue weighted by Gasteiger charge is 2.10. The Morgan fingerprint density at radius 1 is 1.35 bits per heavy atom. The second kappa shape index (κ2) is 6.65. The first-order chi connectivity index (χ1) is 9.65. The quantitative estimate of drug-likeness (QED) is 0.904. The molecule has 0 aliphatic rings. The van der Waals surface area contributed by atoms with Gasteiger partial charge in [-0.05, 0) is 37.6 Å². The second-order valence-electron chi connectivity index (χ2n) is 4.50. The summed E-state index contributed by atoms with van der Waals surface area (Å²) in [5, 5.41) is 2.86. The molecule has 0 saturated carbocycles. The van der Waals surface area contributed by atoms with Gasteiger partial charge in [0.05, 0.1) is 12.2 Å². The van der Waals surface area contributed by atoms with Crippen molar-refractivity contribution in [3.63, 3.8) is 0 Å². The molecule has 0 fully saturated rings. The second-order valence-corrected chi connectivity index (χ2v) is 4.50. The monoisotopic (exact) mass is 271 g/mol. The molecule has 0 unspecified atom stereocenters. The van der Waals surface area contributed by atoms with Crippen molar-refractivity contribution in [1.82, 2.24) is 15.3 Å². The van der Waals surface area contributed by atoms with Crippen LogP contribution < -0.4 is 10.1 Å². The molecule has 2 aromatic heterocycles. The molecule has 0 radical (unpaired) electrons. The molecule has 2 aromatic rings. The number of rotatable bonds is 5. The van der Waals surface area contributed by atoms with Crippen LogP contribution in [0.15, 0.2) is 42.9 Å². The number of hydrogen-bond donors (Lipinski definition) is 1. The SMILES string of the molecule is Cc1ccc([C@H](C)NC(=O)COc2cccnc2)cn1. The summed E-state index contributed by atoms with van der Waals surface area (Å²) in [5.74, 6) is 0.397. The van der Waals surface area contributed by atoms with E-state index in [4.69, 9.17) is 4.74 Å². The minimum absolute atomic E-state index is 0.0324. The predicted molar refractivity (Wildman–Crippen MR) is 75.3 cm³/mol. The van der Waals surface area contributed by atoms with Crippen molar-refractivity contribution in [3.8, 4) is 5.75 Å². The number of nitrogens with one attached hydrogen (secondary N) is 1. The minimum Gasteiger partial charge on any atom is -0.482 e. The molecule has 5 nitrogen and oxygen atoms in total. The first-order valence-electron chi connectivity index (χ1n) is 6.40. The van der Waals surface area contributed by atoms with Crippen molar-refractivity contribution < 1.29 is 9.53 Å². The lowest BCUT2D eigenvalue weighted by molar-refractivity contribution is -0.123. The van der Waals surface area contributed by atoms with Crippen LogP contribution >= 0.6 is 0 Å². The van der Waals surface area contributed by atoms with Gasteiger partial charge in [0.1, 0.15) is 5.75 Å². The number of nitrogens with zero attached hydrogens (tertiary/aromatic N) is 2. The number of aromatic nitrogens is 2. The van der Waals surface area contributed by atoms with Crippen LogP contribution in [0.5, 0.6) is 5.75 Å². The van der Waals surface area contributed by atoms with Crippen molar-refractivity contribution in [2.75, 3.05) is 6.61 Å². The van der Waals surface area contributed by atoms with Gasteiger partial charge in [0.25, 0.3) is 5.91 Å². The average Bonchev–Trinajstić information content (AvgIpc) is 2.47. The van der Waals surface area contributed by atoms with E-state index in [1.54, 1.807) is 30.7 Å². The molecule has 2 heterocycles. The third-order valence-corrected chi connectivity index (χ3v) is 2.82. The van der Waals surface area contributed by atoms with Gasteiger partial charge >= 0.3 is 0 Å². The van der Waals surface area contributed by atoms with Gasteiger partial charge < -0.3 is 10.1 Å². The van der Waals surface area contributed by atoms with Gasteiger partial charge in [0.2, 0.25) is 0 Å². The Bertz CT molecular complexity index is 555. The Morgan fingerprint density at radius 2 is 2.20 bits per heavy atom. The van der Waals surface area contributed by atoms with Gasteiger partial charge in [0.15, 0.2) is 6.61 Å². The van der Waals surface area contributed by atoms with E-state index in [1.165, 1.54) is 0 Å². The maximum atomic E-state index is 11.8. The molecule has 5 heteroatoms. The van der Waals surface area contributed by atoms with Crippen LogP contribution in [0.1, 0.15) is 24.2 Å². The van der Waals surface area contributed by atoms with Crippen molar-refractivity contribution in [2.24, 2.45) is 0 Å². The van der Waals surface area contributed by atoms with Gasteiger partial charge in [-0.25, -0.2) is 0 Å². The minimum atomic E-state index is -0.179. The van der Waals surface area contributed by atoms with E-state index in [1.807, 2.05) is 26.0 Å². The standard InChI is InChI=1S/C15H17N3O2/c1-11-5-6-13(8-17-11)12(2)18-15(19)10-20-14-4-3-7-16-9-14/h3-9,12H,10H2,1-2H3,(H,18,19)/t12-/m0/s1. The Labute approximate surface area is 118 Å². The van der Waals surface area contributed by atoms with Crippen LogP contribution in [0.3, 0.4) is 0 Å². The molecule has 1 atom stereocenters. The predicted octanol–water partition coefficient (Wildman–Crippen LogP) is 2.04. The molecule has 0 saturated heterocycles. The topological polar surface area (TPSA) is 64.1 Å². The summed E-state index contributed by atoms with van der Waals surface area (Å²) < 4.78 is 5.33. The summed E-state index contributed by atoms with van der Waals surface area (Å²) in [4.78, 5) is 19.9. The molecule has 0 aliphatic heterocycles. The van der Waals surface area contributed by atoms with Crippen LogP contribution in [-0.4, -0.2) is 22.5 Å². The number of carbonyl (C=O) groups is 1. The maximum Gasteiger partial charge on any atom is 0.258 e. The molecule has 1 N–H and O–H groups in total. The van der Waals surface area contributed by atoms with Crippen molar-refractivity contribution in [1.29, 1.82) is 0 Å². The number of ether oxygens (including phenoxy) is 1. The number of hydrogen-bond acceptors (Lipinski definition) is 4. The summed E-state index contributed by atoms with van der Waals surface area (Å²) in [6, 6.07) is 7.29. The van der Waals surface area contributed by atoms with Gasteiger partial charge in [-0.2, -0.15) is 0 Å². The zero-order valence-corrected chi connectivity index (χ0v) is 11.5. The first kappa shape index (κ1) is 14.0. The van der Waals surface area contributed by atoms with E-state index in [0.29, 0.717) is 5.75 Å². The molecule has 0 bridgehead atoms. The molecule has 0 spiro atoms. The zero-order valence-electron chi connectivity index (χ0n) is 11.5. The van der Waals surface area contributed by atoms with Crippen molar-refractivity contribution >= 4 is 5.91 Å². The largest absolute Gasteiger partial charge is 0.482 e. The molecule has 2 rings (SSSR count). The molecular weight excluding hydrogens is 254 g/mol. The lowest BCUT2D eigenvalue weighted by Crippen LogP contribution is -2.31. The van der Waals surface area contributed by atoms with E-state index in [-0.39, 0.29) is 18.6 Å². The van der Waals surface area contributed by atoms with Gasteiger partial charge in [-0.1, -0.05) is 6.07 Å². The lowest BCUT2D eigenvalue weighted by Gasteiger charge is -2.14. The summed E-state index contributed by atoms with van der Waals surface area (Å²) in [6.07, 6.45) is 4.99. The summed E-state index contributed by atoms with van der Waals surface area (Å²) in [5.41, 5.74) is 1.91. The van der Waals surface area contributed by atoms with Crippen LogP contribution in [-0.2, 0) is 4.79 Å². The first-order valence-corrected chi connectivity index (χ1v) is 6.40. The van der Waals surface area contributed by atoms with Crippen molar-refractivity contribution in [2.45, 2.75) is 19.9 Å². The number of pyridine rings is 2. The van der Waals surface area contributed by atoms with Crippen LogP contribution in [0.2, 0.25) is 0 Å². The smallest absolute Gasteiger partial charge is 0.258 e. The fourth-order valence-electron chi connectivity index (χ4n) is 1.68. The van der Waals surface area contributed by atoms with E-state index in [0.717, 1.165) is 11.3 Å². The third-order valence-electron chi connectivity index (χ3n) is 2.82. The van der Waals surface area contributed by atoms with E-state index >= 15 is 0 Å². The van der Waals surface area contributed by atoms with E-state index < -0.39 is 0 Å². The summed E-state index contributed by atoms with van der Waals surface area (Å²) in [7, 11) is 0. The Kier molecular flexibility index (Phi) is 4.65. The van der Waals surface area contributed by atoms with Crippen LogP contribution in [0.25, 0.3) is 0 Å². The highest BCUT2D eigenvalue weighted by molar-refractivity contribution is 5.77. The Hall–Kier alpha value is -2.43. The number of amides is 1.